The number of halogens is 1. The molecule has 0 aliphatic rings. The van der Waals surface area contributed by atoms with Gasteiger partial charge in [-0.3, -0.25) is 9.59 Å². The van der Waals surface area contributed by atoms with Crippen LogP contribution in [0.25, 0.3) is 0 Å². The number of nitrogens with one attached hydrogen (secondary N) is 1. The molecule has 2 amide bonds. The first-order valence-corrected chi connectivity index (χ1v) is 6.77. The number of hydrogen-bond acceptors (Lipinski definition) is 3. The molecule has 0 saturated carbocycles. The van der Waals surface area contributed by atoms with Gasteiger partial charge in [0, 0.05) is 19.3 Å². The lowest BCUT2D eigenvalue weighted by molar-refractivity contribution is -0.131. The highest BCUT2D eigenvalue weighted by Crippen LogP contribution is 2.23. The molecule has 0 aliphatic carbocycles. The Morgan fingerprint density at radius 3 is 2.68 bits per heavy atom. The largest absolute Gasteiger partial charge is 0.398 e. The van der Waals surface area contributed by atoms with Crippen molar-refractivity contribution in [3.8, 4) is 0 Å². The summed E-state index contributed by atoms with van der Waals surface area (Å²) >= 11 is 3.27. The van der Waals surface area contributed by atoms with Crippen LogP contribution >= 0.6 is 15.9 Å². The van der Waals surface area contributed by atoms with Gasteiger partial charge in [0.05, 0.1) is 10.0 Å². The van der Waals surface area contributed by atoms with Gasteiger partial charge in [0.15, 0.2) is 0 Å². The van der Waals surface area contributed by atoms with Crippen LogP contribution in [0.3, 0.4) is 0 Å². The van der Waals surface area contributed by atoms with Crippen LogP contribution < -0.4 is 11.1 Å². The van der Waals surface area contributed by atoms with Crippen molar-refractivity contribution in [2.24, 2.45) is 0 Å². The number of carbonyl (C=O) groups is 2. The summed E-state index contributed by atoms with van der Waals surface area (Å²) in [5.74, 6) is -0.458. The lowest BCUT2D eigenvalue weighted by Crippen LogP contribution is -2.45. The number of likely N-dealkylation sites (N-methyl/N-ethyl adjacent to an activating group) is 1. The Balaban J connectivity index is 2.80. The maximum atomic E-state index is 12.1. The summed E-state index contributed by atoms with van der Waals surface area (Å²) in [5.41, 5.74) is 6.62. The van der Waals surface area contributed by atoms with Gasteiger partial charge in [-0.25, -0.2) is 0 Å². The molecule has 0 radical (unpaired) electrons. The van der Waals surface area contributed by atoms with E-state index in [9.17, 15) is 9.59 Å². The second-order valence-electron chi connectivity index (χ2n) is 4.26. The summed E-state index contributed by atoms with van der Waals surface area (Å²) < 4.78 is 0.538. The van der Waals surface area contributed by atoms with Gasteiger partial charge >= 0.3 is 0 Å². The molecule has 0 heterocycles. The van der Waals surface area contributed by atoms with E-state index < -0.39 is 6.04 Å². The molecule has 3 N–H and O–H groups in total. The van der Waals surface area contributed by atoms with Crippen LogP contribution in [0.2, 0.25) is 0 Å². The van der Waals surface area contributed by atoms with Crippen LogP contribution in [-0.4, -0.2) is 36.3 Å². The van der Waals surface area contributed by atoms with Gasteiger partial charge in [-0.1, -0.05) is 6.07 Å². The fraction of sp³-hybridized carbons (Fsp3) is 0.385. The van der Waals surface area contributed by atoms with Gasteiger partial charge in [0.2, 0.25) is 5.91 Å². The third kappa shape index (κ3) is 3.70. The molecule has 104 valence electrons. The van der Waals surface area contributed by atoms with Crippen LogP contribution in [0.15, 0.2) is 22.7 Å². The van der Waals surface area contributed by atoms with Crippen LogP contribution in [0, 0.1) is 0 Å². The average molecular weight is 328 g/mol. The minimum Gasteiger partial charge on any atom is -0.398 e. The van der Waals surface area contributed by atoms with Gasteiger partial charge in [-0.2, -0.15) is 0 Å². The highest BCUT2D eigenvalue weighted by molar-refractivity contribution is 9.10. The topological polar surface area (TPSA) is 75.4 Å². The quantitative estimate of drug-likeness (QED) is 0.825. The number of amides is 2. The molecule has 1 rings (SSSR count). The van der Waals surface area contributed by atoms with E-state index in [-0.39, 0.29) is 11.8 Å². The van der Waals surface area contributed by atoms with Crippen molar-refractivity contribution in [2.75, 3.05) is 19.3 Å². The van der Waals surface area contributed by atoms with Gasteiger partial charge in [-0.15, -0.1) is 0 Å². The third-order valence-corrected chi connectivity index (χ3v) is 3.73. The molecule has 0 aliphatic heterocycles. The summed E-state index contributed by atoms with van der Waals surface area (Å²) in [4.78, 5) is 25.5. The van der Waals surface area contributed by atoms with Gasteiger partial charge in [-0.05, 0) is 41.9 Å². The summed E-state index contributed by atoms with van der Waals surface area (Å²) in [6, 6.07) is 4.46. The molecule has 0 spiro atoms. The van der Waals surface area contributed by atoms with Crippen molar-refractivity contribution in [3.05, 3.63) is 28.2 Å². The normalized spacial score (nSPS) is 11.8. The SMILES string of the molecule is CCN(C)C(=O)C(C)NC(=O)c1cccc(N)c1Br. The first kappa shape index (κ1) is 15.5. The summed E-state index contributed by atoms with van der Waals surface area (Å²) in [6.45, 7) is 4.13. The van der Waals surface area contributed by atoms with Crippen molar-refractivity contribution in [2.45, 2.75) is 19.9 Å². The van der Waals surface area contributed by atoms with Crippen molar-refractivity contribution in [1.82, 2.24) is 10.2 Å². The minimum absolute atomic E-state index is 0.129. The molecule has 19 heavy (non-hydrogen) atoms. The fourth-order valence-electron chi connectivity index (χ4n) is 1.55. The first-order valence-electron chi connectivity index (χ1n) is 5.98. The molecular weight excluding hydrogens is 310 g/mol. The Morgan fingerprint density at radius 2 is 2.11 bits per heavy atom. The third-order valence-electron chi connectivity index (χ3n) is 2.84. The monoisotopic (exact) mass is 327 g/mol. The molecule has 1 aromatic carbocycles. The van der Waals surface area contributed by atoms with Gasteiger partial charge < -0.3 is 16.0 Å². The van der Waals surface area contributed by atoms with Crippen molar-refractivity contribution in [3.63, 3.8) is 0 Å². The van der Waals surface area contributed by atoms with E-state index >= 15 is 0 Å². The molecule has 5 nitrogen and oxygen atoms in total. The smallest absolute Gasteiger partial charge is 0.253 e. The second-order valence-corrected chi connectivity index (χ2v) is 5.05. The minimum atomic E-state index is -0.578. The van der Waals surface area contributed by atoms with Crippen LogP contribution in [0.5, 0.6) is 0 Å². The zero-order chi connectivity index (χ0) is 14.6. The summed E-state index contributed by atoms with van der Waals surface area (Å²) in [7, 11) is 1.70. The van der Waals surface area contributed by atoms with Crippen LogP contribution in [0.1, 0.15) is 24.2 Å². The molecule has 0 aromatic heterocycles. The van der Waals surface area contributed by atoms with E-state index in [1.54, 1.807) is 37.1 Å². The van der Waals surface area contributed by atoms with Crippen LogP contribution in [0.4, 0.5) is 5.69 Å². The number of nitrogens with two attached hydrogens (primary N) is 1. The number of rotatable bonds is 4. The lowest BCUT2D eigenvalue weighted by Gasteiger charge is -2.20. The second kappa shape index (κ2) is 6.56. The van der Waals surface area contributed by atoms with E-state index in [1.807, 2.05) is 6.92 Å². The summed E-state index contributed by atoms with van der Waals surface area (Å²) in [5, 5.41) is 2.66. The number of anilines is 1. The van der Waals surface area contributed by atoms with Crippen LogP contribution in [-0.2, 0) is 4.79 Å². The zero-order valence-electron chi connectivity index (χ0n) is 11.2. The molecule has 0 bridgehead atoms. The first-order chi connectivity index (χ1) is 8.88. The molecule has 0 saturated heterocycles. The number of benzene rings is 1. The van der Waals surface area contributed by atoms with E-state index in [4.69, 9.17) is 5.73 Å². The Kier molecular flexibility index (Phi) is 5.35. The molecule has 1 unspecified atom stereocenters. The standard InChI is InChI=1S/C13H18BrN3O2/c1-4-17(3)13(19)8(2)16-12(18)9-6-5-7-10(15)11(9)14/h5-8H,4,15H2,1-3H3,(H,16,18). The number of nitrogens with zero attached hydrogens (tertiary/aromatic N) is 1. The maximum Gasteiger partial charge on any atom is 0.253 e. The Labute approximate surface area is 121 Å². The highest BCUT2D eigenvalue weighted by atomic mass is 79.9. The molecular formula is C13H18BrN3O2. The predicted molar refractivity (Wildman–Crippen MR) is 78.8 cm³/mol. The Bertz CT molecular complexity index is 491. The summed E-state index contributed by atoms with van der Waals surface area (Å²) in [6.07, 6.45) is 0. The van der Waals surface area contributed by atoms with Gasteiger partial charge in [0.1, 0.15) is 6.04 Å². The Morgan fingerprint density at radius 1 is 1.47 bits per heavy atom. The average Bonchev–Trinajstić information content (AvgIpc) is 2.39. The molecule has 1 aromatic rings. The molecule has 0 fully saturated rings. The Hall–Kier alpha value is -1.56. The maximum absolute atomic E-state index is 12.1. The fourth-order valence-corrected chi connectivity index (χ4v) is 1.99. The number of nitrogen functional groups attached to an aromatic ring is 1. The van der Waals surface area contributed by atoms with Crippen molar-refractivity contribution >= 4 is 33.4 Å². The molecule has 6 heteroatoms. The predicted octanol–water partition coefficient (Wildman–Crippen LogP) is 1.63. The lowest BCUT2D eigenvalue weighted by atomic mass is 10.1. The highest BCUT2D eigenvalue weighted by Gasteiger charge is 2.20. The number of carbonyl (C=O) groups excluding carboxylic acids is 2. The van der Waals surface area contributed by atoms with Crippen molar-refractivity contribution < 1.29 is 9.59 Å². The zero-order valence-corrected chi connectivity index (χ0v) is 12.8. The van der Waals surface area contributed by atoms with E-state index in [0.717, 1.165) is 0 Å². The molecule has 1 atom stereocenters. The van der Waals surface area contributed by atoms with E-state index in [2.05, 4.69) is 21.2 Å². The van der Waals surface area contributed by atoms with Gasteiger partial charge in [0.25, 0.3) is 5.91 Å². The van der Waals surface area contributed by atoms with E-state index in [1.165, 1.54) is 0 Å². The van der Waals surface area contributed by atoms with E-state index in [0.29, 0.717) is 22.3 Å². The van der Waals surface area contributed by atoms with Crippen molar-refractivity contribution in [1.29, 1.82) is 0 Å². The number of hydrogen-bond donors (Lipinski definition) is 2.